The maximum atomic E-state index is 6.62. The van der Waals surface area contributed by atoms with Crippen molar-refractivity contribution in [3.8, 4) is 28.8 Å². The molecule has 4 aromatic rings. The zero-order valence-corrected chi connectivity index (χ0v) is 16.7. The zero-order chi connectivity index (χ0) is 20.4. The third-order valence-corrected chi connectivity index (χ3v) is 4.54. The number of nitrogens with zero attached hydrogens (tertiary/aromatic N) is 6. The van der Waals surface area contributed by atoms with Crippen LogP contribution in [0.4, 0.5) is 0 Å². The molecule has 0 spiro atoms. The van der Waals surface area contributed by atoms with Crippen molar-refractivity contribution in [1.29, 1.82) is 0 Å². The number of rotatable bonds is 6. The quantitative estimate of drug-likeness (QED) is 0.476. The second-order valence-electron chi connectivity index (χ2n) is 5.96. The van der Waals surface area contributed by atoms with Crippen molar-refractivity contribution in [3.05, 3.63) is 47.5 Å². The lowest BCUT2D eigenvalue weighted by Crippen LogP contribution is -2.08. The van der Waals surface area contributed by atoms with E-state index in [-0.39, 0.29) is 18.4 Å². The van der Waals surface area contributed by atoms with Crippen molar-refractivity contribution in [1.82, 2.24) is 29.7 Å². The Morgan fingerprint density at radius 2 is 1.79 bits per heavy atom. The Balaban J connectivity index is 2.06. The zero-order valence-electron chi connectivity index (χ0n) is 16.0. The molecular formula is C19H17ClN6O3. The highest BCUT2D eigenvalue weighted by molar-refractivity contribution is 6.33. The molecule has 0 aliphatic heterocycles. The van der Waals surface area contributed by atoms with Gasteiger partial charge in [0.1, 0.15) is 12.1 Å². The highest BCUT2D eigenvalue weighted by Crippen LogP contribution is 2.35. The van der Waals surface area contributed by atoms with Gasteiger partial charge in [0.2, 0.25) is 0 Å². The third kappa shape index (κ3) is 3.34. The van der Waals surface area contributed by atoms with Gasteiger partial charge >= 0.3 is 0 Å². The average Bonchev–Trinajstić information content (AvgIpc) is 3.16. The second-order valence-corrected chi connectivity index (χ2v) is 6.36. The summed E-state index contributed by atoms with van der Waals surface area (Å²) in [4.78, 5) is 13.3. The molecule has 0 unspecified atom stereocenters. The van der Waals surface area contributed by atoms with Crippen LogP contribution in [0.15, 0.2) is 36.7 Å². The second kappa shape index (κ2) is 7.98. The molecule has 0 atom stereocenters. The lowest BCUT2D eigenvalue weighted by atomic mass is 10.2. The summed E-state index contributed by atoms with van der Waals surface area (Å²) in [5.41, 5.74) is 2.42. The Hall–Kier alpha value is -3.30. The molecule has 0 amide bonds. The molecule has 0 bridgehead atoms. The van der Waals surface area contributed by atoms with E-state index in [0.717, 1.165) is 5.56 Å². The number of pyridine rings is 1. The predicted molar refractivity (Wildman–Crippen MR) is 107 cm³/mol. The Morgan fingerprint density at radius 1 is 1.00 bits per heavy atom. The molecule has 4 rings (SSSR count). The first-order valence-electron chi connectivity index (χ1n) is 8.60. The molecule has 9 nitrogen and oxygen atoms in total. The highest BCUT2D eigenvalue weighted by Gasteiger charge is 2.22. The SMILES string of the molecule is COCc1nnc(-c2cccnc2)n1-c1c(Cl)ccc2nc(OC)c(OC)nc12. The van der Waals surface area contributed by atoms with Gasteiger partial charge in [-0.25, -0.2) is 9.97 Å². The molecule has 0 aliphatic rings. The minimum Gasteiger partial charge on any atom is -0.477 e. The van der Waals surface area contributed by atoms with E-state index in [1.54, 1.807) is 36.2 Å². The van der Waals surface area contributed by atoms with Crippen LogP contribution in [0.3, 0.4) is 0 Å². The monoisotopic (exact) mass is 412 g/mol. The topological polar surface area (TPSA) is 97.1 Å². The molecular weight excluding hydrogens is 396 g/mol. The van der Waals surface area contributed by atoms with Gasteiger partial charge in [-0.3, -0.25) is 9.55 Å². The largest absolute Gasteiger partial charge is 0.477 e. The van der Waals surface area contributed by atoms with Crippen molar-refractivity contribution >= 4 is 22.6 Å². The van der Waals surface area contributed by atoms with Crippen molar-refractivity contribution in [2.24, 2.45) is 0 Å². The number of hydrogen-bond acceptors (Lipinski definition) is 8. The Bertz CT molecular complexity index is 1170. The first-order chi connectivity index (χ1) is 14.2. The van der Waals surface area contributed by atoms with Crippen LogP contribution < -0.4 is 9.47 Å². The summed E-state index contributed by atoms with van der Waals surface area (Å²) in [6, 6.07) is 7.21. The molecule has 0 N–H and O–H groups in total. The number of ether oxygens (including phenoxy) is 3. The van der Waals surface area contributed by atoms with Crippen LogP contribution in [0, 0.1) is 0 Å². The third-order valence-electron chi connectivity index (χ3n) is 4.23. The maximum Gasteiger partial charge on any atom is 0.278 e. The Kier molecular flexibility index (Phi) is 5.24. The molecule has 0 saturated heterocycles. The van der Waals surface area contributed by atoms with E-state index in [1.807, 2.05) is 12.1 Å². The van der Waals surface area contributed by atoms with Crippen LogP contribution >= 0.6 is 11.6 Å². The van der Waals surface area contributed by atoms with Gasteiger partial charge in [0.05, 0.1) is 30.4 Å². The van der Waals surface area contributed by atoms with Crippen molar-refractivity contribution in [2.45, 2.75) is 6.61 Å². The normalized spacial score (nSPS) is 11.0. The summed E-state index contributed by atoms with van der Waals surface area (Å²) >= 11 is 6.62. The number of halogens is 1. The summed E-state index contributed by atoms with van der Waals surface area (Å²) in [6.07, 6.45) is 3.39. The summed E-state index contributed by atoms with van der Waals surface area (Å²) in [5.74, 6) is 1.63. The van der Waals surface area contributed by atoms with E-state index in [0.29, 0.717) is 33.4 Å². The molecule has 0 saturated carbocycles. The number of hydrogen-bond donors (Lipinski definition) is 0. The van der Waals surface area contributed by atoms with E-state index in [1.165, 1.54) is 14.2 Å². The molecule has 3 aromatic heterocycles. The van der Waals surface area contributed by atoms with Crippen LogP contribution in [0.2, 0.25) is 5.02 Å². The van der Waals surface area contributed by atoms with Crippen LogP contribution in [0.25, 0.3) is 28.1 Å². The molecule has 3 heterocycles. The number of fused-ring (bicyclic) bond motifs is 1. The van der Waals surface area contributed by atoms with Crippen LogP contribution in [0.5, 0.6) is 11.8 Å². The van der Waals surface area contributed by atoms with E-state index < -0.39 is 0 Å². The van der Waals surface area contributed by atoms with E-state index in [4.69, 9.17) is 25.8 Å². The minimum absolute atomic E-state index is 0.223. The summed E-state index contributed by atoms with van der Waals surface area (Å²) in [5, 5.41) is 9.06. The molecule has 148 valence electrons. The Morgan fingerprint density at radius 3 is 2.48 bits per heavy atom. The summed E-state index contributed by atoms with van der Waals surface area (Å²) in [6.45, 7) is 0.223. The van der Waals surface area contributed by atoms with Gasteiger partial charge in [-0.15, -0.1) is 10.2 Å². The lowest BCUT2D eigenvalue weighted by molar-refractivity contribution is 0.176. The standard InChI is InChI=1S/C19H17ClN6O3/c1-27-10-14-24-25-17(11-5-4-8-21-9-11)26(14)16-12(20)6-7-13-15(16)23-19(29-3)18(22-13)28-2/h4-9H,10H2,1-3H3. The van der Waals surface area contributed by atoms with E-state index in [2.05, 4.69) is 25.1 Å². The van der Waals surface area contributed by atoms with Gasteiger partial charge in [-0.05, 0) is 24.3 Å². The molecule has 0 aliphatic carbocycles. The average molecular weight is 413 g/mol. The van der Waals surface area contributed by atoms with Crippen LogP contribution in [0.1, 0.15) is 5.82 Å². The van der Waals surface area contributed by atoms with Gasteiger partial charge < -0.3 is 14.2 Å². The maximum absolute atomic E-state index is 6.62. The smallest absolute Gasteiger partial charge is 0.278 e. The van der Waals surface area contributed by atoms with Gasteiger partial charge in [0.15, 0.2) is 11.6 Å². The predicted octanol–water partition coefficient (Wildman–Crippen LogP) is 3.09. The molecule has 1 aromatic carbocycles. The van der Waals surface area contributed by atoms with Crippen molar-refractivity contribution < 1.29 is 14.2 Å². The van der Waals surface area contributed by atoms with Crippen LogP contribution in [-0.4, -0.2) is 51.0 Å². The summed E-state index contributed by atoms with van der Waals surface area (Å²) in [7, 11) is 4.59. The summed E-state index contributed by atoms with van der Waals surface area (Å²) < 4.78 is 17.7. The first kappa shape index (κ1) is 19.0. The van der Waals surface area contributed by atoms with Crippen molar-refractivity contribution in [3.63, 3.8) is 0 Å². The van der Waals surface area contributed by atoms with E-state index >= 15 is 0 Å². The van der Waals surface area contributed by atoms with Gasteiger partial charge in [-0.2, -0.15) is 0 Å². The molecule has 0 fully saturated rings. The number of benzene rings is 1. The minimum atomic E-state index is 0.223. The molecule has 10 heteroatoms. The fourth-order valence-electron chi connectivity index (χ4n) is 2.99. The number of aromatic nitrogens is 6. The molecule has 29 heavy (non-hydrogen) atoms. The highest BCUT2D eigenvalue weighted by atomic mass is 35.5. The Labute approximate surface area is 171 Å². The van der Waals surface area contributed by atoms with E-state index in [9.17, 15) is 0 Å². The fraction of sp³-hybridized carbons (Fsp3) is 0.211. The number of methoxy groups -OCH3 is 3. The van der Waals surface area contributed by atoms with Crippen molar-refractivity contribution in [2.75, 3.05) is 21.3 Å². The lowest BCUT2D eigenvalue weighted by Gasteiger charge is -2.15. The van der Waals surface area contributed by atoms with Crippen LogP contribution in [-0.2, 0) is 11.3 Å². The van der Waals surface area contributed by atoms with Gasteiger partial charge in [0, 0.05) is 25.1 Å². The van der Waals surface area contributed by atoms with Gasteiger partial charge in [-0.1, -0.05) is 11.6 Å². The molecule has 0 radical (unpaired) electrons. The van der Waals surface area contributed by atoms with Gasteiger partial charge in [0.25, 0.3) is 11.8 Å². The first-order valence-corrected chi connectivity index (χ1v) is 8.98. The fourth-order valence-corrected chi connectivity index (χ4v) is 3.22.